The third-order valence-corrected chi connectivity index (χ3v) is 6.45. The first-order chi connectivity index (χ1) is 9.08. The molecule has 1 N–H and O–H groups in total. The molecule has 2 fully saturated rings. The lowest BCUT2D eigenvalue weighted by molar-refractivity contribution is 0.374. The van der Waals surface area contributed by atoms with Crippen LogP contribution in [-0.2, 0) is 10.0 Å². The highest BCUT2D eigenvalue weighted by Gasteiger charge is 2.25. The first kappa shape index (κ1) is 15.3. The van der Waals surface area contributed by atoms with Crippen molar-refractivity contribution in [3.05, 3.63) is 0 Å². The molecule has 2 rings (SSSR count). The lowest BCUT2D eigenvalue weighted by Gasteiger charge is -2.25. The summed E-state index contributed by atoms with van der Waals surface area (Å²) in [6, 6.07) is 0.406. The number of hydrogen-bond donors (Lipinski definition) is 1. The molecule has 1 aliphatic carbocycles. The summed E-state index contributed by atoms with van der Waals surface area (Å²) in [6.45, 7) is 1.77. The molecule has 1 atom stereocenters. The maximum Gasteiger partial charge on any atom is 0.213 e. The molecule has 1 heterocycles. The molecule has 4 nitrogen and oxygen atoms in total. The predicted octanol–water partition coefficient (Wildman–Crippen LogP) is 1.97. The SMILES string of the molecule is CN(CC1CCCC1)S(=O)(=O)CCC1CCCCN1. The second-order valence-corrected chi connectivity index (χ2v) is 8.38. The molecule has 1 saturated carbocycles. The van der Waals surface area contributed by atoms with Gasteiger partial charge in [-0.05, 0) is 44.6 Å². The summed E-state index contributed by atoms with van der Waals surface area (Å²) in [5, 5.41) is 3.42. The Morgan fingerprint density at radius 2 is 1.79 bits per heavy atom. The van der Waals surface area contributed by atoms with Crippen molar-refractivity contribution in [1.82, 2.24) is 9.62 Å². The van der Waals surface area contributed by atoms with Crippen LogP contribution in [0, 0.1) is 5.92 Å². The number of sulfonamides is 1. The van der Waals surface area contributed by atoms with E-state index >= 15 is 0 Å². The second-order valence-electron chi connectivity index (χ2n) is 6.18. The molecule has 0 amide bonds. The molecule has 5 heteroatoms. The van der Waals surface area contributed by atoms with Crippen LogP contribution in [0.2, 0.25) is 0 Å². The van der Waals surface area contributed by atoms with E-state index in [4.69, 9.17) is 0 Å². The van der Waals surface area contributed by atoms with Crippen molar-refractivity contribution in [2.45, 2.75) is 57.4 Å². The molecule has 0 aromatic carbocycles. The van der Waals surface area contributed by atoms with Gasteiger partial charge in [-0.1, -0.05) is 19.3 Å². The fourth-order valence-electron chi connectivity index (χ4n) is 3.29. The van der Waals surface area contributed by atoms with Crippen LogP contribution < -0.4 is 5.32 Å². The quantitative estimate of drug-likeness (QED) is 0.813. The highest BCUT2D eigenvalue weighted by atomic mass is 32.2. The fraction of sp³-hybridized carbons (Fsp3) is 1.00. The molecule has 1 saturated heterocycles. The summed E-state index contributed by atoms with van der Waals surface area (Å²) in [7, 11) is -1.30. The smallest absolute Gasteiger partial charge is 0.213 e. The zero-order valence-electron chi connectivity index (χ0n) is 12.1. The molecule has 0 bridgehead atoms. The van der Waals surface area contributed by atoms with E-state index in [9.17, 15) is 8.42 Å². The molecule has 0 aromatic rings. The van der Waals surface area contributed by atoms with E-state index in [-0.39, 0.29) is 0 Å². The van der Waals surface area contributed by atoms with Gasteiger partial charge >= 0.3 is 0 Å². The molecule has 19 heavy (non-hydrogen) atoms. The molecule has 0 radical (unpaired) electrons. The summed E-state index contributed by atoms with van der Waals surface area (Å²) in [6.07, 6.45) is 9.28. The normalized spacial score (nSPS) is 26.1. The van der Waals surface area contributed by atoms with Crippen molar-refractivity contribution in [2.75, 3.05) is 25.9 Å². The van der Waals surface area contributed by atoms with Gasteiger partial charge in [-0.25, -0.2) is 12.7 Å². The molecule has 1 unspecified atom stereocenters. The van der Waals surface area contributed by atoms with Gasteiger partial charge in [-0.3, -0.25) is 0 Å². The van der Waals surface area contributed by atoms with Gasteiger partial charge in [-0.2, -0.15) is 0 Å². The van der Waals surface area contributed by atoms with E-state index in [0.717, 1.165) is 25.9 Å². The minimum absolute atomic E-state index is 0.299. The number of rotatable bonds is 6. The first-order valence-electron chi connectivity index (χ1n) is 7.75. The molecule has 0 spiro atoms. The Morgan fingerprint density at radius 1 is 1.11 bits per heavy atom. The Kier molecular flexibility index (Phi) is 5.66. The monoisotopic (exact) mass is 288 g/mol. The van der Waals surface area contributed by atoms with Crippen molar-refractivity contribution in [2.24, 2.45) is 5.92 Å². The van der Waals surface area contributed by atoms with Gasteiger partial charge in [0.1, 0.15) is 0 Å². The van der Waals surface area contributed by atoms with Crippen molar-refractivity contribution in [3.63, 3.8) is 0 Å². The summed E-state index contributed by atoms with van der Waals surface area (Å²) >= 11 is 0. The number of piperidine rings is 1. The van der Waals surface area contributed by atoms with E-state index in [0.29, 0.717) is 17.7 Å². The van der Waals surface area contributed by atoms with Gasteiger partial charge in [0, 0.05) is 19.6 Å². The Balaban J connectivity index is 1.75. The largest absolute Gasteiger partial charge is 0.314 e. The van der Waals surface area contributed by atoms with Crippen LogP contribution in [0.25, 0.3) is 0 Å². The third-order valence-electron chi connectivity index (χ3n) is 4.60. The Bertz CT molecular complexity index is 358. The van der Waals surface area contributed by atoms with Crippen LogP contribution in [0.4, 0.5) is 0 Å². The van der Waals surface area contributed by atoms with Crippen LogP contribution in [0.3, 0.4) is 0 Å². The third kappa shape index (κ3) is 4.72. The van der Waals surface area contributed by atoms with E-state index < -0.39 is 10.0 Å². The van der Waals surface area contributed by atoms with Crippen molar-refractivity contribution in [1.29, 1.82) is 0 Å². The first-order valence-corrected chi connectivity index (χ1v) is 9.36. The van der Waals surface area contributed by atoms with Gasteiger partial charge in [0.25, 0.3) is 0 Å². The van der Waals surface area contributed by atoms with Gasteiger partial charge in [0.15, 0.2) is 0 Å². The van der Waals surface area contributed by atoms with Gasteiger partial charge in [0.2, 0.25) is 10.0 Å². The Hall–Kier alpha value is -0.130. The van der Waals surface area contributed by atoms with Crippen molar-refractivity contribution < 1.29 is 8.42 Å². The molecule has 1 aliphatic heterocycles. The van der Waals surface area contributed by atoms with Crippen LogP contribution in [0.15, 0.2) is 0 Å². The summed E-state index contributed by atoms with van der Waals surface area (Å²) < 4.78 is 26.1. The maximum atomic E-state index is 12.3. The highest BCUT2D eigenvalue weighted by Crippen LogP contribution is 2.26. The summed E-state index contributed by atoms with van der Waals surface area (Å²) in [4.78, 5) is 0. The van der Waals surface area contributed by atoms with Gasteiger partial charge in [0.05, 0.1) is 5.75 Å². The highest BCUT2D eigenvalue weighted by molar-refractivity contribution is 7.89. The maximum absolute atomic E-state index is 12.3. The average Bonchev–Trinajstić information content (AvgIpc) is 2.90. The predicted molar refractivity (Wildman–Crippen MR) is 78.6 cm³/mol. The van der Waals surface area contributed by atoms with Crippen LogP contribution >= 0.6 is 0 Å². The number of nitrogens with zero attached hydrogens (tertiary/aromatic N) is 1. The standard InChI is InChI=1S/C14H28N2O2S/c1-16(12-13-6-2-3-7-13)19(17,18)11-9-14-8-4-5-10-15-14/h13-15H,2-12H2,1H3. The fourth-order valence-corrected chi connectivity index (χ4v) is 4.62. The Morgan fingerprint density at radius 3 is 2.42 bits per heavy atom. The zero-order chi connectivity index (χ0) is 13.7. The molecule has 0 aromatic heterocycles. The lowest BCUT2D eigenvalue weighted by atomic mass is 10.0. The molecular weight excluding hydrogens is 260 g/mol. The lowest BCUT2D eigenvalue weighted by Crippen LogP contribution is -2.38. The minimum Gasteiger partial charge on any atom is -0.314 e. The van der Waals surface area contributed by atoms with Crippen LogP contribution in [0.5, 0.6) is 0 Å². The van der Waals surface area contributed by atoms with Crippen LogP contribution in [-0.4, -0.2) is 44.7 Å². The molecule has 2 aliphatic rings. The van der Waals surface area contributed by atoms with Crippen molar-refractivity contribution in [3.8, 4) is 0 Å². The second kappa shape index (κ2) is 7.04. The summed E-state index contributed by atoms with van der Waals surface area (Å²) in [5.41, 5.74) is 0. The van der Waals surface area contributed by atoms with Gasteiger partial charge in [-0.15, -0.1) is 0 Å². The number of nitrogens with one attached hydrogen (secondary N) is 1. The minimum atomic E-state index is -3.05. The van der Waals surface area contributed by atoms with Crippen LogP contribution in [0.1, 0.15) is 51.4 Å². The van der Waals surface area contributed by atoms with E-state index in [1.807, 2.05) is 0 Å². The van der Waals surface area contributed by atoms with Gasteiger partial charge < -0.3 is 5.32 Å². The average molecular weight is 288 g/mol. The molecular formula is C14H28N2O2S. The molecule has 112 valence electrons. The van der Waals surface area contributed by atoms with Crippen molar-refractivity contribution >= 4 is 10.0 Å². The van der Waals surface area contributed by atoms with E-state index in [2.05, 4.69) is 5.32 Å². The Labute approximate surface area is 118 Å². The zero-order valence-corrected chi connectivity index (χ0v) is 12.9. The number of hydrogen-bond acceptors (Lipinski definition) is 3. The van der Waals surface area contributed by atoms with E-state index in [1.165, 1.54) is 38.5 Å². The topological polar surface area (TPSA) is 49.4 Å². The van der Waals surface area contributed by atoms with E-state index in [1.54, 1.807) is 11.4 Å². The summed E-state index contributed by atoms with van der Waals surface area (Å²) in [5.74, 6) is 0.890.